The summed E-state index contributed by atoms with van der Waals surface area (Å²) in [6.07, 6.45) is -1.16. The maximum atomic E-state index is 13.2. The summed E-state index contributed by atoms with van der Waals surface area (Å²) < 4.78 is 63.0. The highest BCUT2D eigenvalue weighted by Gasteiger charge is 2.46. The third kappa shape index (κ3) is 5.15. The van der Waals surface area contributed by atoms with Gasteiger partial charge in [-0.2, -0.15) is 12.7 Å². The quantitative estimate of drug-likeness (QED) is 0.455. The van der Waals surface area contributed by atoms with Gasteiger partial charge in [0.25, 0.3) is 10.1 Å². The van der Waals surface area contributed by atoms with Crippen molar-refractivity contribution in [3.8, 4) is 0 Å². The van der Waals surface area contributed by atoms with Crippen molar-refractivity contribution in [3.63, 3.8) is 0 Å². The van der Waals surface area contributed by atoms with Crippen molar-refractivity contribution >= 4 is 26.1 Å². The second-order valence-corrected chi connectivity index (χ2v) is 10.8. The van der Waals surface area contributed by atoms with Crippen LogP contribution < -0.4 is 0 Å². The predicted octanol–water partition coefficient (Wildman–Crippen LogP) is 2.40. The number of hydrogen-bond donors (Lipinski definition) is 0. The molecule has 1 aliphatic rings. The van der Waals surface area contributed by atoms with E-state index in [0.29, 0.717) is 0 Å². The van der Waals surface area contributed by atoms with Crippen molar-refractivity contribution in [1.82, 2.24) is 4.31 Å². The van der Waals surface area contributed by atoms with Gasteiger partial charge in [-0.25, -0.2) is 8.42 Å². The fraction of sp³-hybridized carbons (Fsp3) is 0.381. The summed E-state index contributed by atoms with van der Waals surface area (Å²) in [5.74, 6) is -0.739. The van der Waals surface area contributed by atoms with Crippen LogP contribution >= 0.6 is 0 Å². The standard InChI is InChI=1S/C21H25NO7S2/c1-4-28-21(23)20-13-17(29-31(26,27)19-11-7-16(3)8-12-19)14-22(20)30(24,25)18-9-5-15(2)6-10-18/h5-12,17,20H,4,13-14H2,1-3H3/t17-,20+/m1/s1. The Morgan fingerprint density at radius 3 is 1.97 bits per heavy atom. The van der Waals surface area contributed by atoms with Gasteiger partial charge < -0.3 is 4.74 Å². The number of ether oxygens (including phenoxy) is 1. The van der Waals surface area contributed by atoms with E-state index < -0.39 is 38.3 Å². The highest BCUT2D eigenvalue weighted by Crippen LogP contribution is 2.30. The molecule has 1 saturated heterocycles. The molecule has 0 aromatic heterocycles. The van der Waals surface area contributed by atoms with Gasteiger partial charge in [0, 0.05) is 13.0 Å². The molecule has 2 aromatic carbocycles. The molecule has 0 spiro atoms. The van der Waals surface area contributed by atoms with E-state index in [1.807, 2.05) is 13.8 Å². The average Bonchev–Trinajstić information content (AvgIpc) is 3.13. The van der Waals surface area contributed by atoms with Gasteiger partial charge >= 0.3 is 5.97 Å². The van der Waals surface area contributed by atoms with E-state index in [2.05, 4.69) is 0 Å². The lowest BCUT2D eigenvalue weighted by Gasteiger charge is -2.22. The molecule has 0 bridgehead atoms. The smallest absolute Gasteiger partial charge is 0.324 e. The molecule has 8 nitrogen and oxygen atoms in total. The molecule has 2 aromatic rings. The van der Waals surface area contributed by atoms with Gasteiger partial charge in [-0.15, -0.1) is 0 Å². The molecule has 0 N–H and O–H groups in total. The molecule has 10 heteroatoms. The largest absolute Gasteiger partial charge is 0.465 e. The van der Waals surface area contributed by atoms with Crippen LogP contribution in [0, 0.1) is 13.8 Å². The number of esters is 1. The summed E-state index contributed by atoms with van der Waals surface area (Å²) in [7, 11) is -8.20. The summed E-state index contributed by atoms with van der Waals surface area (Å²) in [5, 5.41) is 0. The Morgan fingerprint density at radius 1 is 0.935 bits per heavy atom. The fourth-order valence-electron chi connectivity index (χ4n) is 3.34. The number of benzene rings is 2. The van der Waals surface area contributed by atoms with Crippen LogP contribution in [0.2, 0.25) is 0 Å². The van der Waals surface area contributed by atoms with Crippen LogP contribution in [0.25, 0.3) is 0 Å². The lowest BCUT2D eigenvalue weighted by molar-refractivity contribution is -0.147. The molecular formula is C21H25NO7S2. The molecule has 31 heavy (non-hydrogen) atoms. The number of carbonyl (C=O) groups excluding carboxylic acids is 1. The summed E-state index contributed by atoms with van der Waals surface area (Å²) in [6, 6.07) is 11.1. The van der Waals surface area contributed by atoms with E-state index in [1.54, 1.807) is 31.2 Å². The van der Waals surface area contributed by atoms with Gasteiger partial charge in [-0.1, -0.05) is 35.4 Å². The number of hydrogen-bond acceptors (Lipinski definition) is 7. The van der Waals surface area contributed by atoms with Crippen molar-refractivity contribution in [2.24, 2.45) is 0 Å². The van der Waals surface area contributed by atoms with Crippen LogP contribution in [-0.2, 0) is 33.9 Å². The van der Waals surface area contributed by atoms with Gasteiger partial charge in [-0.05, 0) is 45.0 Å². The van der Waals surface area contributed by atoms with E-state index in [0.717, 1.165) is 15.4 Å². The van der Waals surface area contributed by atoms with Crippen LogP contribution in [0.1, 0.15) is 24.5 Å². The molecule has 0 aliphatic carbocycles. The minimum Gasteiger partial charge on any atom is -0.465 e. The highest BCUT2D eigenvalue weighted by molar-refractivity contribution is 7.89. The Kier molecular flexibility index (Phi) is 6.85. The zero-order chi connectivity index (χ0) is 22.8. The van der Waals surface area contributed by atoms with E-state index in [4.69, 9.17) is 8.92 Å². The van der Waals surface area contributed by atoms with Crippen molar-refractivity contribution in [2.45, 2.75) is 49.1 Å². The lowest BCUT2D eigenvalue weighted by Crippen LogP contribution is -2.41. The average molecular weight is 468 g/mol. The van der Waals surface area contributed by atoms with E-state index in [9.17, 15) is 21.6 Å². The first kappa shape index (κ1) is 23.4. The first-order valence-corrected chi connectivity index (χ1v) is 12.6. The summed E-state index contributed by atoms with van der Waals surface area (Å²) in [6.45, 7) is 5.05. The number of aryl methyl sites for hydroxylation is 2. The first-order chi connectivity index (χ1) is 14.5. The lowest BCUT2D eigenvalue weighted by atomic mass is 10.2. The molecule has 1 aliphatic heterocycles. The topological polar surface area (TPSA) is 107 Å². The Balaban J connectivity index is 1.89. The van der Waals surface area contributed by atoms with Crippen molar-refractivity contribution in [1.29, 1.82) is 0 Å². The second-order valence-electron chi connectivity index (χ2n) is 7.38. The SMILES string of the molecule is CCOC(=O)[C@@H]1C[C@@H](OS(=O)(=O)c2ccc(C)cc2)CN1S(=O)(=O)c1ccc(C)cc1. The molecule has 1 fully saturated rings. The Hall–Kier alpha value is -2.27. The maximum Gasteiger partial charge on any atom is 0.324 e. The van der Waals surface area contributed by atoms with Crippen LogP contribution in [0.5, 0.6) is 0 Å². The van der Waals surface area contributed by atoms with Crippen molar-refractivity contribution < 1.29 is 30.6 Å². The third-order valence-electron chi connectivity index (χ3n) is 4.98. The summed E-state index contributed by atoms with van der Waals surface area (Å²) in [4.78, 5) is 12.4. The predicted molar refractivity (Wildman–Crippen MR) is 113 cm³/mol. The molecule has 0 unspecified atom stereocenters. The maximum absolute atomic E-state index is 13.2. The number of nitrogens with zero attached hydrogens (tertiary/aromatic N) is 1. The summed E-state index contributed by atoms with van der Waals surface area (Å²) in [5.41, 5.74) is 1.77. The fourth-order valence-corrected chi connectivity index (χ4v) is 6.04. The normalized spacial score (nSPS) is 20.0. The van der Waals surface area contributed by atoms with Gasteiger partial charge in [0.1, 0.15) is 6.04 Å². The molecule has 1 heterocycles. The zero-order valence-electron chi connectivity index (χ0n) is 17.5. The molecule has 2 atom stereocenters. The van der Waals surface area contributed by atoms with E-state index >= 15 is 0 Å². The minimum atomic E-state index is -4.13. The Morgan fingerprint density at radius 2 is 1.45 bits per heavy atom. The van der Waals surface area contributed by atoms with Crippen LogP contribution in [-0.4, -0.2) is 52.4 Å². The molecule has 168 valence electrons. The van der Waals surface area contributed by atoms with Crippen LogP contribution in [0.15, 0.2) is 58.3 Å². The number of sulfonamides is 1. The number of rotatable bonds is 7. The second kappa shape index (κ2) is 9.07. The van der Waals surface area contributed by atoms with Gasteiger partial charge in [0.15, 0.2) is 0 Å². The van der Waals surface area contributed by atoms with Gasteiger partial charge in [0.2, 0.25) is 10.0 Å². The van der Waals surface area contributed by atoms with E-state index in [-0.39, 0.29) is 29.4 Å². The minimum absolute atomic E-state index is 0.00874. The summed E-state index contributed by atoms with van der Waals surface area (Å²) >= 11 is 0. The van der Waals surface area contributed by atoms with E-state index in [1.165, 1.54) is 24.3 Å². The Labute approximate surface area is 183 Å². The van der Waals surface area contributed by atoms with Crippen LogP contribution in [0.3, 0.4) is 0 Å². The third-order valence-corrected chi connectivity index (χ3v) is 8.24. The molecule has 0 amide bonds. The molecule has 3 rings (SSSR count). The first-order valence-electron chi connectivity index (χ1n) is 9.79. The molecule has 0 radical (unpaired) electrons. The highest BCUT2D eigenvalue weighted by atomic mass is 32.2. The molecule has 0 saturated carbocycles. The monoisotopic (exact) mass is 467 g/mol. The van der Waals surface area contributed by atoms with Gasteiger partial charge in [-0.3, -0.25) is 8.98 Å². The molecular weight excluding hydrogens is 442 g/mol. The van der Waals surface area contributed by atoms with Gasteiger partial charge in [0.05, 0.1) is 22.5 Å². The van der Waals surface area contributed by atoms with Crippen LogP contribution in [0.4, 0.5) is 0 Å². The number of carbonyl (C=O) groups is 1. The zero-order valence-corrected chi connectivity index (χ0v) is 19.1. The van der Waals surface area contributed by atoms with Crippen molar-refractivity contribution in [2.75, 3.05) is 13.2 Å². The van der Waals surface area contributed by atoms with Crippen molar-refractivity contribution in [3.05, 3.63) is 59.7 Å². The Bertz CT molecular complexity index is 1140.